The van der Waals surface area contributed by atoms with Crippen LogP contribution in [0.2, 0.25) is 0 Å². The number of hydrogen-bond acceptors (Lipinski definition) is 1. The molecule has 116 valence electrons. The predicted molar refractivity (Wildman–Crippen MR) is 92.0 cm³/mol. The average Bonchev–Trinajstić information content (AvgIpc) is 2.47. The van der Waals surface area contributed by atoms with E-state index in [1.807, 2.05) is 19.1 Å². The lowest BCUT2D eigenvalue weighted by Crippen LogP contribution is -2.28. The Labute approximate surface area is 133 Å². The molecule has 1 atom stereocenters. The Bertz CT molecular complexity index is 643. The van der Waals surface area contributed by atoms with Crippen LogP contribution in [0.3, 0.4) is 0 Å². The zero-order valence-corrected chi connectivity index (χ0v) is 13.9. The number of benzene rings is 2. The Morgan fingerprint density at radius 2 is 1.68 bits per heavy atom. The lowest BCUT2D eigenvalue weighted by molar-refractivity contribution is -0.121. The average molecular weight is 295 g/mol. The fourth-order valence-electron chi connectivity index (χ4n) is 2.76. The van der Waals surface area contributed by atoms with Gasteiger partial charge in [0.05, 0.1) is 12.5 Å². The van der Waals surface area contributed by atoms with E-state index in [9.17, 15) is 4.79 Å². The molecule has 2 aromatic rings. The van der Waals surface area contributed by atoms with Crippen LogP contribution in [0.15, 0.2) is 42.5 Å². The maximum atomic E-state index is 12.2. The summed E-state index contributed by atoms with van der Waals surface area (Å²) >= 11 is 0. The van der Waals surface area contributed by atoms with Crippen molar-refractivity contribution in [2.75, 3.05) is 0 Å². The molecule has 0 saturated carbocycles. The number of carbonyl (C=O) groups excluding carboxylic acids is 1. The number of nitrogens with one attached hydrogen (secondary N) is 1. The topological polar surface area (TPSA) is 29.1 Å². The van der Waals surface area contributed by atoms with Gasteiger partial charge in [0.25, 0.3) is 0 Å². The third-order valence-corrected chi connectivity index (χ3v) is 4.07. The quantitative estimate of drug-likeness (QED) is 0.876. The first kappa shape index (κ1) is 16.3. The van der Waals surface area contributed by atoms with Crippen molar-refractivity contribution in [3.8, 4) is 0 Å². The van der Waals surface area contributed by atoms with Gasteiger partial charge in [0.2, 0.25) is 5.91 Å². The normalized spacial score (nSPS) is 12.0. The van der Waals surface area contributed by atoms with Crippen LogP contribution < -0.4 is 5.32 Å². The summed E-state index contributed by atoms with van der Waals surface area (Å²) in [6, 6.07) is 14.6. The predicted octanol–water partition coefficient (Wildman–Crippen LogP) is 4.29. The minimum Gasteiger partial charge on any atom is -0.349 e. The van der Waals surface area contributed by atoms with E-state index in [1.165, 1.54) is 22.3 Å². The third-order valence-electron chi connectivity index (χ3n) is 4.07. The first-order valence-corrected chi connectivity index (χ1v) is 7.94. The van der Waals surface area contributed by atoms with Crippen molar-refractivity contribution >= 4 is 5.91 Å². The van der Waals surface area contributed by atoms with Gasteiger partial charge in [-0.25, -0.2) is 0 Å². The summed E-state index contributed by atoms with van der Waals surface area (Å²) in [6.07, 6.45) is 1.45. The SMILES string of the molecule is CCc1ccc(CC(=O)N[C@H](C)c2ccc(C)cc2C)cc1. The number of amides is 1. The van der Waals surface area contributed by atoms with Crippen molar-refractivity contribution in [3.05, 3.63) is 70.3 Å². The summed E-state index contributed by atoms with van der Waals surface area (Å²) in [5.41, 5.74) is 6.01. The summed E-state index contributed by atoms with van der Waals surface area (Å²) in [5, 5.41) is 3.09. The smallest absolute Gasteiger partial charge is 0.224 e. The van der Waals surface area contributed by atoms with Crippen molar-refractivity contribution < 1.29 is 4.79 Å². The van der Waals surface area contributed by atoms with Crippen LogP contribution >= 0.6 is 0 Å². The standard InChI is InChI=1S/C20H25NO/c1-5-17-7-9-18(10-8-17)13-20(22)21-16(4)19-11-6-14(2)12-15(19)3/h6-12,16H,5,13H2,1-4H3,(H,21,22)/t16-/m1/s1. The highest BCUT2D eigenvalue weighted by Crippen LogP contribution is 2.18. The Kier molecular flexibility index (Phi) is 5.37. The highest BCUT2D eigenvalue weighted by molar-refractivity contribution is 5.79. The molecular weight excluding hydrogens is 270 g/mol. The van der Waals surface area contributed by atoms with Gasteiger partial charge in [0.1, 0.15) is 0 Å². The summed E-state index contributed by atoms with van der Waals surface area (Å²) in [6.45, 7) is 8.34. The monoisotopic (exact) mass is 295 g/mol. The highest BCUT2D eigenvalue weighted by atomic mass is 16.1. The van der Waals surface area contributed by atoms with Gasteiger partial charge < -0.3 is 5.32 Å². The molecular formula is C20H25NO. The molecule has 1 N–H and O–H groups in total. The number of carbonyl (C=O) groups is 1. The molecule has 0 aromatic heterocycles. The van der Waals surface area contributed by atoms with Crippen molar-refractivity contribution in [1.29, 1.82) is 0 Å². The summed E-state index contributed by atoms with van der Waals surface area (Å²) in [4.78, 5) is 12.2. The van der Waals surface area contributed by atoms with E-state index in [2.05, 4.69) is 56.4 Å². The van der Waals surface area contributed by atoms with E-state index < -0.39 is 0 Å². The van der Waals surface area contributed by atoms with Crippen LogP contribution in [-0.2, 0) is 17.6 Å². The van der Waals surface area contributed by atoms with E-state index >= 15 is 0 Å². The van der Waals surface area contributed by atoms with Crippen molar-refractivity contribution in [3.63, 3.8) is 0 Å². The van der Waals surface area contributed by atoms with Crippen LogP contribution in [0.4, 0.5) is 0 Å². The molecule has 2 heteroatoms. The van der Waals surface area contributed by atoms with Crippen LogP contribution in [0.5, 0.6) is 0 Å². The van der Waals surface area contributed by atoms with Crippen LogP contribution in [0.1, 0.15) is 47.7 Å². The van der Waals surface area contributed by atoms with E-state index in [4.69, 9.17) is 0 Å². The minimum atomic E-state index is 0.0306. The van der Waals surface area contributed by atoms with E-state index in [-0.39, 0.29) is 11.9 Å². The van der Waals surface area contributed by atoms with E-state index in [0.717, 1.165) is 12.0 Å². The molecule has 0 bridgehead atoms. The molecule has 0 spiro atoms. The minimum absolute atomic E-state index is 0.0306. The van der Waals surface area contributed by atoms with Gasteiger partial charge >= 0.3 is 0 Å². The van der Waals surface area contributed by atoms with Crippen molar-refractivity contribution in [2.24, 2.45) is 0 Å². The Balaban J connectivity index is 1.98. The van der Waals surface area contributed by atoms with E-state index in [1.54, 1.807) is 0 Å². The van der Waals surface area contributed by atoms with Gasteiger partial charge in [-0.15, -0.1) is 0 Å². The molecule has 2 rings (SSSR count). The lowest BCUT2D eigenvalue weighted by atomic mass is 10.00. The van der Waals surface area contributed by atoms with Gasteiger partial charge in [0.15, 0.2) is 0 Å². The fourth-order valence-corrected chi connectivity index (χ4v) is 2.76. The lowest BCUT2D eigenvalue weighted by Gasteiger charge is -2.17. The molecule has 0 radical (unpaired) electrons. The molecule has 0 fully saturated rings. The Morgan fingerprint density at radius 1 is 1.05 bits per heavy atom. The maximum Gasteiger partial charge on any atom is 0.224 e. The summed E-state index contributed by atoms with van der Waals surface area (Å²) < 4.78 is 0. The van der Waals surface area contributed by atoms with Crippen LogP contribution in [0, 0.1) is 13.8 Å². The van der Waals surface area contributed by atoms with Crippen molar-refractivity contribution in [2.45, 2.75) is 46.6 Å². The summed E-state index contributed by atoms with van der Waals surface area (Å²) in [7, 11) is 0. The second-order valence-electron chi connectivity index (χ2n) is 6.00. The van der Waals surface area contributed by atoms with Gasteiger partial charge in [-0.1, -0.05) is 55.0 Å². The fraction of sp³-hybridized carbons (Fsp3) is 0.350. The van der Waals surface area contributed by atoms with Gasteiger partial charge in [-0.05, 0) is 49.4 Å². The second-order valence-corrected chi connectivity index (χ2v) is 6.00. The van der Waals surface area contributed by atoms with Gasteiger partial charge in [0, 0.05) is 0 Å². The molecule has 0 aliphatic carbocycles. The first-order chi connectivity index (χ1) is 10.5. The Morgan fingerprint density at radius 3 is 2.27 bits per heavy atom. The molecule has 2 aromatic carbocycles. The molecule has 2 nitrogen and oxygen atoms in total. The molecule has 0 aliphatic heterocycles. The van der Waals surface area contributed by atoms with Gasteiger partial charge in [-0.3, -0.25) is 4.79 Å². The molecule has 1 amide bonds. The molecule has 22 heavy (non-hydrogen) atoms. The number of rotatable bonds is 5. The highest BCUT2D eigenvalue weighted by Gasteiger charge is 2.12. The molecule has 0 heterocycles. The number of aryl methyl sites for hydroxylation is 3. The zero-order valence-electron chi connectivity index (χ0n) is 13.9. The maximum absolute atomic E-state index is 12.2. The zero-order chi connectivity index (χ0) is 16.1. The number of hydrogen-bond donors (Lipinski definition) is 1. The van der Waals surface area contributed by atoms with Crippen LogP contribution in [-0.4, -0.2) is 5.91 Å². The second kappa shape index (κ2) is 7.26. The first-order valence-electron chi connectivity index (χ1n) is 7.94. The molecule has 0 unspecified atom stereocenters. The van der Waals surface area contributed by atoms with Gasteiger partial charge in [-0.2, -0.15) is 0 Å². The largest absolute Gasteiger partial charge is 0.349 e. The van der Waals surface area contributed by atoms with Crippen LogP contribution in [0.25, 0.3) is 0 Å². The molecule has 0 aliphatic rings. The third kappa shape index (κ3) is 4.20. The summed E-state index contributed by atoms with van der Waals surface area (Å²) in [5.74, 6) is 0.0664. The molecule has 0 saturated heterocycles. The Hall–Kier alpha value is -2.09. The van der Waals surface area contributed by atoms with E-state index in [0.29, 0.717) is 6.42 Å². The van der Waals surface area contributed by atoms with Crippen molar-refractivity contribution in [1.82, 2.24) is 5.32 Å².